The van der Waals surface area contributed by atoms with Crippen LogP contribution in [0.1, 0.15) is 37.2 Å². The van der Waals surface area contributed by atoms with Crippen molar-refractivity contribution < 1.29 is 0 Å². The Morgan fingerprint density at radius 2 is 1.79 bits per heavy atom. The number of piperazine rings is 1. The monoisotopic (exact) mass is 327 g/mol. The van der Waals surface area contributed by atoms with Gasteiger partial charge in [-0.05, 0) is 19.4 Å². The molecule has 0 saturated carbocycles. The molecule has 5 nitrogen and oxygen atoms in total. The zero-order valence-electron chi connectivity index (χ0n) is 14.8. The molecule has 0 bridgehead atoms. The first kappa shape index (κ1) is 17.1. The minimum atomic E-state index is 0.258. The molecule has 1 aromatic carbocycles. The second-order valence-corrected chi connectivity index (χ2v) is 6.87. The average Bonchev–Trinajstić information content (AvgIpc) is 3.08. The van der Waals surface area contributed by atoms with E-state index >= 15 is 0 Å². The molecule has 3 rings (SSSR count). The molecule has 5 heteroatoms. The van der Waals surface area contributed by atoms with Gasteiger partial charge < -0.3 is 10.3 Å². The van der Waals surface area contributed by atoms with Crippen molar-refractivity contribution in [2.45, 2.75) is 32.5 Å². The number of rotatable bonds is 6. The predicted octanol–water partition coefficient (Wildman–Crippen LogP) is 2.28. The van der Waals surface area contributed by atoms with Crippen LogP contribution in [0.15, 0.2) is 42.9 Å². The Labute approximate surface area is 145 Å². The first-order chi connectivity index (χ1) is 11.7. The van der Waals surface area contributed by atoms with Crippen LogP contribution in [-0.2, 0) is 6.54 Å². The van der Waals surface area contributed by atoms with Gasteiger partial charge in [-0.3, -0.25) is 9.80 Å². The van der Waals surface area contributed by atoms with Crippen LogP contribution >= 0.6 is 0 Å². The highest BCUT2D eigenvalue weighted by Crippen LogP contribution is 2.24. The third-order valence-corrected chi connectivity index (χ3v) is 4.91. The van der Waals surface area contributed by atoms with E-state index in [1.807, 2.05) is 12.5 Å². The fraction of sp³-hybridized carbons (Fsp3) is 0.526. The Morgan fingerprint density at radius 3 is 2.42 bits per heavy atom. The molecule has 1 fully saturated rings. The normalized spacial score (nSPS) is 18.2. The molecule has 1 aliphatic rings. The Morgan fingerprint density at radius 1 is 1.08 bits per heavy atom. The molecule has 1 unspecified atom stereocenters. The molecule has 1 aliphatic heterocycles. The molecule has 1 aromatic heterocycles. The quantitative estimate of drug-likeness (QED) is 0.884. The maximum atomic E-state index is 6.13. The molecule has 2 heterocycles. The molecule has 24 heavy (non-hydrogen) atoms. The molecular formula is C19H29N5. The lowest BCUT2D eigenvalue weighted by Crippen LogP contribution is -2.49. The van der Waals surface area contributed by atoms with Crippen molar-refractivity contribution in [1.82, 2.24) is 19.4 Å². The van der Waals surface area contributed by atoms with Crippen LogP contribution in [0.25, 0.3) is 0 Å². The fourth-order valence-electron chi connectivity index (χ4n) is 3.54. The van der Waals surface area contributed by atoms with Crippen LogP contribution in [-0.4, -0.2) is 52.1 Å². The van der Waals surface area contributed by atoms with Gasteiger partial charge in [0.1, 0.15) is 0 Å². The number of hydrogen-bond acceptors (Lipinski definition) is 4. The van der Waals surface area contributed by atoms with Gasteiger partial charge in [0.25, 0.3) is 0 Å². The predicted molar refractivity (Wildman–Crippen MR) is 97.7 cm³/mol. The summed E-state index contributed by atoms with van der Waals surface area (Å²) in [5, 5.41) is 0. The summed E-state index contributed by atoms with van der Waals surface area (Å²) in [6.07, 6.45) is 3.90. The maximum absolute atomic E-state index is 6.13. The summed E-state index contributed by atoms with van der Waals surface area (Å²) in [6.45, 7) is 10.3. The Hall–Kier alpha value is -1.69. The smallest absolute Gasteiger partial charge is 0.0951 e. The second kappa shape index (κ2) is 7.92. The van der Waals surface area contributed by atoms with Crippen LogP contribution in [0.3, 0.4) is 0 Å². The van der Waals surface area contributed by atoms with Gasteiger partial charge in [0.05, 0.1) is 18.1 Å². The number of benzene rings is 1. The number of imidazole rings is 1. The van der Waals surface area contributed by atoms with Gasteiger partial charge in [-0.25, -0.2) is 4.98 Å². The minimum absolute atomic E-state index is 0.258. The van der Waals surface area contributed by atoms with Gasteiger partial charge in [0.2, 0.25) is 0 Å². The molecule has 0 amide bonds. The van der Waals surface area contributed by atoms with Gasteiger partial charge in [0, 0.05) is 51.5 Å². The summed E-state index contributed by atoms with van der Waals surface area (Å²) >= 11 is 0. The average molecular weight is 327 g/mol. The molecule has 2 aromatic rings. The van der Waals surface area contributed by atoms with E-state index < -0.39 is 0 Å². The standard InChI is InChI=1S/C19H29N5/c1-16(2)24-15-21-13-19(24)18(12-20)23-10-8-22(9-11-23)14-17-6-4-3-5-7-17/h3-7,13,15-16,18H,8-12,14,20H2,1-2H3. The summed E-state index contributed by atoms with van der Waals surface area (Å²) in [7, 11) is 0. The van der Waals surface area contributed by atoms with Crippen molar-refractivity contribution in [3.05, 3.63) is 54.1 Å². The van der Waals surface area contributed by atoms with Crippen molar-refractivity contribution >= 4 is 0 Å². The molecule has 1 atom stereocenters. The first-order valence-electron chi connectivity index (χ1n) is 8.91. The lowest BCUT2D eigenvalue weighted by atomic mass is 10.1. The number of nitrogens with zero attached hydrogens (tertiary/aromatic N) is 4. The van der Waals surface area contributed by atoms with E-state index in [4.69, 9.17) is 5.73 Å². The van der Waals surface area contributed by atoms with E-state index in [2.05, 4.69) is 63.5 Å². The third-order valence-electron chi connectivity index (χ3n) is 4.91. The molecule has 2 N–H and O–H groups in total. The zero-order valence-corrected chi connectivity index (χ0v) is 14.8. The Bertz CT molecular complexity index is 614. The van der Waals surface area contributed by atoms with Crippen LogP contribution in [0.4, 0.5) is 0 Å². The largest absolute Gasteiger partial charge is 0.331 e. The van der Waals surface area contributed by atoms with Gasteiger partial charge in [0.15, 0.2) is 0 Å². The Balaban J connectivity index is 1.61. The highest BCUT2D eigenvalue weighted by atomic mass is 15.3. The number of hydrogen-bond donors (Lipinski definition) is 1. The van der Waals surface area contributed by atoms with Crippen LogP contribution in [0.2, 0.25) is 0 Å². The van der Waals surface area contributed by atoms with Crippen molar-refractivity contribution in [2.24, 2.45) is 5.73 Å². The van der Waals surface area contributed by atoms with E-state index in [-0.39, 0.29) is 6.04 Å². The third kappa shape index (κ3) is 3.86. The molecule has 0 radical (unpaired) electrons. The van der Waals surface area contributed by atoms with Crippen molar-refractivity contribution in [3.8, 4) is 0 Å². The lowest BCUT2D eigenvalue weighted by Gasteiger charge is -2.39. The SMILES string of the molecule is CC(C)n1cncc1C(CN)N1CCN(Cc2ccccc2)CC1. The van der Waals surface area contributed by atoms with E-state index in [0.29, 0.717) is 12.6 Å². The van der Waals surface area contributed by atoms with Crippen LogP contribution in [0.5, 0.6) is 0 Å². The first-order valence-corrected chi connectivity index (χ1v) is 8.91. The minimum Gasteiger partial charge on any atom is -0.331 e. The van der Waals surface area contributed by atoms with Crippen LogP contribution in [0, 0.1) is 0 Å². The lowest BCUT2D eigenvalue weighted by molar-refractivity contribution is 0.0908. The van der Waals surface area contributed by atoms with Gasteiger partial charge in [-0.15, -0.1) is 0 Å². The summed E-state index contributed by atoms with van der Waals surface area (Å²) in [4.78, 5) is 9.39. The Kier molecular flexibility index (Phi) is 5.66. The molecule has 0 aliphatic carbocycles. The second-order valence-electron chi connectivity index (χ2n) is 6.87. The van der Waals surface area contributed by atoms with E-state index in [1.54, 1.807) is 0 Å². The van der Waals surface area contributed by atoms with E-state index in [9.17, 15) is 0 Å². The van der Waals surface area contributed by atoms with Gasteiger partial charge in [-0.2, -0.15) is 0 Å². The fourth-order valence-corrected chi connectivity index (χ4v) is 3.54. The van der Waals surface area contributed by atoms with Crippen molar-refractivity contribution in [1.29, 1.82) is 0 Å². The van der Waals surface area contributed by atoms with Crippen LogP contribution < -0.4 is 5.73 Å². The topological polar surface area (TPSA) is 50.3 Å². The van der Waals surface area contributed by atoms with Gasteiger partial charge >= 0.3 is 0 Å². The highest BCUT2D eigenvalue weighted by Gasteiger charge is 2.26. The number of nitrogens with two attached hydrogens (primary N) is 1. The van der Waals surface area contributed by atoms with Gasteiger partial charge in [-0.1, -0.05) is 30.3 Å². The summed E-state index contributed by atoms with van der Waals surface area (Å²) in [5.41, 5.74) is 8.75. The molecule has 130 valence electrons. The number of aromatic nitrogens is 2. The van der Waals surface area contributed by atoms with E-state index in [1.165, 1.54) is 11.3 Å². The summed E-state index contributed by atoms with van der Waals surface area (Å²) in [6, 6.07) is 11.4. The summed E-state index contributed by atoms with van der Waals surface area (Å²) < 4.78 is 2.24. The maximum Gasteiger partial charge on any atom is 0.0951 e. The molecular weight excluding hydrogens is 298 g/mol. The molecule has 1 saturated heterocycles. The highest BCUT2D eigenvalue weighted by molar-refractivity contribution is 5.14. The molecule has 0 spiro atoms. The zero-order chi connectivity index (χ0) is 16.9. The summed E-state index contributed by atoms with van der Waals surface area (Å²) in [5.74, 6) is 0. The van der Waals surface area contributed by atoms with Crippen molar-refractivity contribution in [3.63, 3.8) is 0 Å². The van der Waals surface area contributed by atoms with Crippen molar-refractivity contribution in [2.75, 3.05) is 32.7 Å². The van der Waals surface area contributed by atoms with E-state index in [0.717, 1.165) is 32.7 Å².